The van der Waals surface area contributed by atoms with Gasteiger partial charge < -0.3 is 9.29 Å². The Kier molecular flexibility index (Phi) is 12.2. The molecule has 0 bridgehead atoms. The molecule has 0 atom stereocenters. The normalized spacial score (nSPS) is 11.6. The van der Waals surface area contributed by atoms with Crippen molar-refractivity contribution in [3.05, 3.63) is 23.8 Å². The van der Waals surface area contributed by atoms with Gasteiger partial charge in [-0.2, -0.15) is 8.42 Å². The lowest BCUT2D eigenvalue weighted by Crippen LogP contribution is -2.14. The summed E-state index contributed by atoms with van der Waals surface area (Å²) < 4.78 is 29.3. The van der Waals surface area contributed by atoms with E-state index in [-0.39, 0.29) is 17.3 Å². The van der Waals surface area contributed by atoms with Crippen molar-refractivity contribution in [3.63, 3.8) is 0 Å². The van der Waals surface area contributed by atoms with Gasteiger partial charge in [0.25, 0.3) is 0 Å². The molecule has 0 unspecified atom stereocenters. The van der Waals surface area contributed by atoms with Gasteiger partial charge in [0.15, 0.2) is 0 Å². The van der Waals surface area contributed by atoms with Gasteiger partial charge in [0, 0.05) is 6.07 Å². The number of aromatic hydroxyl groups is 1. The molecule has 0 heterocycles. The average Bonchev–Trinajstić information content (AvgIpc) is 2.62. The van der Waals surface area contributed by atoms with Crippen LogP contribution in [-0.4, -0.2) is 19.3 Å². The smallest absolute Gasteiger partial charge is 0.309 e. The van der Waals surface area contributed by atoms with Crippen molar-refractivity contribution in [2.45, 2.75) is 97.3 Å². The molecule has 0 aliphatic carbocycles. The minimum atomic E-state index is -3.60. The van der Waals surface area contributed by atoms with E-state index in [1.807, 2.05) is 0 Å². The quantitative estimate of drug-likeness (QED) is 0.255. The fourth-order valence-corrected chi connectivity index (χ4v) is 4.25. The lowest BCUT2D eigenvalue weighted by Gasteiger charge is -2.09. The average molecular weight is 399 g/mol. The van der Waals surface area contributed by atoms with Gasteiger partial charge in [-0.15, -0.1) is 0 Å². The maximum absolute atomic E-state index is 12.1. The van der Waals surface area contributed by atoms with Gasteiger partial charge in [0.2, 0.25) is 0 Å². The number of benzene rings is 1. The lowest BCUT2D eigenvalue weighted by molar-refractivity contribution is 0.461. The van der Waals surface area contributed by atoms with Crippen molar-refractivity contribution in [3.8, 4) is 11.5 Å². The van der Waals surface area contributed by atoms with Crippen molar-refractivity contribution in [2.24, 2.45) is 0 Å². The first kappa shape index (κ1) is 23.8. The van der Waals surface area contributed by atoms with Crippen LogP contribution in [0.25, 0.3) is 0 Å². The zero-order valence-electron chi connectivity index (χ0n) is 17.2. The van der Waals surface area contributed by atoms with Crippen LogP contribution in [0.2, 0.25) is 0 Å². The Bertz CT molecular complexity index is 611. The molecule has 0 saturated carbocycles. The van der Waals surface area contributed by atoms with Crippen molar-refractivity contribution < 1.29 is 17.7 Å². The molecule has 1 aromatic rings. The molecule has 0 spiro atoms. The van der Waals surface area contributed by atoms with Crippen LogP contribution in [0.5, 0.6) is 11.5 Å². The molecular weight excluding hydrogens is 360 g/mol. The van der Waals surface area contributed by atoms with Gasteiger partial charge in [-0.25, -0.2) is 0 Å². The number of hydrogen-bond acceptors (Lipinski definition) is 4. The number of phenols is 1. The summed E-state index contributed by atoms with van der Waals surface area (Å²) in [7, 11) is -3.60. The number of aryl methyl sites for hydroxylation is 1. The Morgan fingerprint density at radius 1 is 0.815 bits per heavy atom. The SMILES string of the molecule is CCCCCCCCCCCCCCCS(=O)(=O)Oc1cc(O)ccc1C. The van der Waals surface area contributed by atoms with E-state index in [1.54, 1.807) is 13.0 Å². The third kappa shape index (κ3) is 12.0. The highest BCUT2D eigenvalue weighted by atomic mass is 32.2. The predicted molar refractivity (Wildman–Crippen MR) is 113 cm³/mol. The second-order valence-electron chi connectivity index (χ2n) is 7.54. The Morgan fingerprint density at radius 2 is 1.30 bits per heavy atom. The van der Waals surface area contributed by atoms with E-state index in [0.29, 0.717) is 12.0 Å². The standard InChI is InChI=1S/C22H38O4S/c1-3-4-5-6-7-8-9-10-11-12-13-14-15-18-27(24,25)26-22-19-21(23)17-16-20(22)2/h16-17,19,23H,3-15,18H2,1-2H3. The van der Waals surface area contributed by atoms with E-state index < -0.39 is 10.1 Å². The molecule has 0 amide bonds. The highest BCUT2D eigenvalue weighted by Crippen LogP contribution is 2.25. The largest absolute Gasteiger partial charge is 0.508 e. The second-order valence-corrected chi connectivity index (χ2v) is 9.23. The molecule has 5 heteroatoms. The molecule has 4 nitrogen and oxygen atoms in total. The first-order chi connectivity index (χ1) is 12.9. The summed E-state index contributed by atoms with van der Waals surface area (Å²) in [5.41, 5.74) is 0.696. The zero-order chi connectivity index (χ0) is 20.0. The monoisotopic (exact) mass is 398 g/mol. The summed E-state index contributed by atoms with van der Waals surface area (Å²) >= 11 is 0. The van der Waals surface area contributed by atoms with Crippen LogP contribution in [0.15, 0.2) is 18.2 Å². The highest BCUT2D eigenvalue weighted by molar-refractivity contribution is 7.87. The third-order valence-corrected chi connectivity index (χ3v) is 6.11. The first-order valence-corrected chi connectivity index (χ1v) is 12.2. The van der Waals surface area contributed by atoms with Gasteiger partial charge in [-0.05, 0) is 25.0 Å². The maximum atomic E-state index is 12.1. The fraction of sp³-hybridized carbons (Fsp3) is 0.727. The van der Waals surface area contributed by atoms with Gasteiger partial charge in [-0.1, -0.05) is 90.0 Å². The van der Waals surface area contributed by atoms with Gasteiger partial charge in [0.1, 0.15) is 11.5 Å². The summed E-state index contributed by atoms with van der Waals surface area (Å²) in [5.74, 6) is 0.247. The summed E-state index contributed by atoms with van der Waals surface area (Å²) in [6.07, 6.45) is 15.8. The minimum absolute atomic E-state index is 0.00626. The molecule has 1 rings (SSSR count). The van der Waals surface area contributed by atoms with E-state index in [2.05, 4.69) is 6.92 Å². The van der Waals surface area contributed by atoms with Crippen LogP contribution in [-0.2, 0) is 10.1 Å². The molecule has 0 aliphatic heterocycles. The number of hydrogen-bond donors (Lipinski definition) is 1. The molecular formula is C22H38O4S. The number of unbranched alkanes of at least 4 members (excludes halogenated alkanes) is 12. The summed E-state index contributed by atoms with van der Waals surface area (Å²) in [6.45, 7) is 4.01. The molecule has 0 aliphatic rings. The third-order valence-electron chi connectivity index (χ3n) is 4.89. The molecule has 0 saturated heterocycles. The van der Waals surface area contributed by atoms with E-state index in [0.717, 1.165) is 12.8 Å². The summed E-state index contributed by atoms with van der Waals surface area (Å²) in [5, 5.41) is 9.46. The van der Waals surface area contributed by atoms with Crippen molar-refractivity contribution >= 4 is 10.1 Å². The van der Waals surface area contributed by atoms with E-state index >= 15 is 0 Å². The molecule has 0 fully saturated rings. The zero-order valence-corrected chi connectivity index (χ0v) is 18.0. The molecule has 0 aromatic heterocycles. The summed E-state index contributed by atoms with van der Waals surface area (Å²) in [4.78, 5) is 0. The first-order valence-electron chi connectivity index (χ1n) is 10.7. The molecule has 1 N–H and O–H groups in total. The van der Waals surface area contributed by atoms with Gasteiger partial charge >= 0.3 is 10.1 Å². The molecule has 156 valence electrons. The van der Waals surface area contributed by atoms with Crippen LogP contribution in [0.4, 0.5) is 0 Å². The number of rotatable bonds is 16. The Labute approximate surface area is 166 Å². The Hall–Kier alpha value is -1.23. The fourth-order valence-electron chi connectivity index (χ4n) is 3.15. The topological polar surface area (TPSA) is 63.6 Å². The van der Waals surface area contributed by atoms with E-state index in [9.17, 15) is 13.5 Å². The summed E-state index contributed by atoms with van der Waals surface area (Å²) in [6, 6.07) is 4.50. The van der Waals surface area contributed by atoms with Crippen LogP contribution in [0.1, 0.15) is 96.0 Å². The van der Waals surface area contributed by atoms with Crippen LogP contribution in [0, 0.1) is 6.92 Å². The second kappa shape index (κ2) is 13.9. The van der Waals surface area contributed by atoms with Gasteiger partial charge in [-0.3, -0.25) is 0 Å². The van der Waals surface area contributed by atoms with Crippen LogP contribution in [0.3, 0.4) is 0 Å². The minimum Gasteiger partial charge on any atom is -0.508 e. The van der Waals surface area contributed by atoms with Crippen LogP contribution < -0.4 is 4.18 Å². The van der Waals surface area contributed by atoms with Gasteiger partial charge in [0.05, 0.1) is 5.75 Å². The Morgan fingerprint density at radius 3 is 1.81 bits per heavy atom. The lowest BCUT2D eigenvalue weighted by atomic mass is 10.1. The van der Waals surface area contributed by atoms with Crippen molar-refractivity contribution in [2.75, 3.05) is 5.75 Å². The Balaban J connectivity index is 2.03. The maximum Gasteiger partial charge on any atom is 0.309 e. The van der Waals surface area contributed by atoms with Crippen molar-refractivity contribution in [1.29, 1.82) is 0 Å². The molecule has 27 heavy (non-hydrogen) atoms. The van der Waals surface area contributed by atoms with Crippen molar-refractivity contribution in [1.82, 2.24) is 0 Å². The number of phenolic OH excluding ortho intramolecular Hbond substituents is 1. The highest BCUT2D eigenvalue weighted by Gasteiger charge is 2.14. The molecule has 0 radical (unpaired) electrons. The van der Waals surface area contributed by atoms with E-state index in [1.165, 1.54) is 76.3 Å². The van der Waals surface area contributed by atoms with E-state index in [4.69, 9.17) is 4.18 Å². The van der Waals surface area contributed by atoms with Crippen LogP contribution >= 0.6 is 0 Å². The molecule has 1 aromatic carbocycles. The predicted octanol–water partition coefficient (Wildman–Crippen LogP) is 6.50.